The Kier molecular flexibility index (Phi) is 3.61. The van der Waals surface area contributed by atoms with Crippen molar-refractivity contribution in [2.24, 2.45) is 5.16 Å². The predicted octanol–water partition coefficient (Wildman–Crippen LogP) is 3.00. The number of hydrogen-bond acceptors (Lipinski definition) is 5. The quantitative estimate of drug-likeness (QED) is 0.442. The number of aromatic amines is 1. The van der Waals surface area contributed by atoms with Crippen LogP contribution in [0.2, 0.25) is 5.02 Å². The molecule has 0 bridgehead atoms. The molecule has 0 saturated heterocycles. The first kappa shape index (κ1) is 13.3. The predicted molar refractivity (Wildman–Crippen MR) is 79.4 cm³/mol. The van der Waals surface area contributed by atoms with Crippen molar-refractivity contribution in [3.05, 3.63) is 53.7 Å². The van der Waals surface area contributed by atoms with Crippen LogP contribution in [-0.2, 0) is 0 Å². The molecule has 0 radical (unpaired) electrons. The molecule has 7 heteroatoms. The molecule has 3 rings (SSSR count). The van der Waals surface area contributed by atoms with Gasteiger partial charge in [0.25, 0.3) is 0 Å². The van der Waals surface area contributed by atoms with Gasteiger partial charge in [0.15, 0.2) is 5.82 Å². The standard InChI is InChI=1S/C14H10ClN5O/c15-10-3-1-9(2-4-10)13-14(11-5-6-16-8-17-11)20-12(19-13)7-18-21/h1-8,21H,(H,19,20). The van der Waals surface area contributed by atoms with Gasteiger partial charge in [0.2, 0.25) is 0 Å². The molecule has 0 aliphatic rings. The van der Waals surface area contributed by atoms with Crippen molar-refractivity contribution in [1.82, 2.24) is 19.9 Å². The van der Waals surface area contributed by atoms with Crippen LogP contribution in [0.1, 0.15) is 5.82 Å². The van der Waals surface area contributed by atoms with Gasteiger partial charge in [-0.1, -0.05) is 28.9 Å². The summed E-state index contributed by atoms with van der Waals surface area (Å²) < 4.78 is 0. The van der Waals surface area contributed by atoms with E-state index in [1.165, 1.54) is 12.5 Å². The summed E-state index contributed by atoms with van der Waals surface area (Å²) in [6.45, 7) is 0. The first-order valence-corrected chi connectivity index (χ1v) is 6.45. The zero-order valence-electron chi connectivity index (χ0n) is 10.7. The van der Waals surface area contributed by atoms with Crippen molar-refractivity contribution < 1.29 is 5.21 Å². The normalized spacial score (nSPS) is 11.1. The molecule has 0 aliphatic heterocycles. The molecule has 2 N–H and O–H groups in total. The molecule has 0 atom stereocenters. The third-order valence-corrected chi connectivity index (χ3v) is 3.11. The third-order valence-electron chi connectivity index (χ3n) is 2.86. The molecule has 21 heavy (non-hydrogen) atoms. The van der Waals surface area contributed by atoms with Crippen LogP contribution in [0, 0.1) is 0 Å². The maximum atomic E-state index is 8.66. The van der Waals surface area contributed by atoms with Crippen LogP contribution in [0.5, 0.6) is 0 Å². The smallest absolute Gasteiger partial charge is 0.153 e. The lowest BCUT2D eigenvalue weighted by atomic mass is 10.1. The number of H-pyrrole nitrogens is 1. The minimum Gasteiger partial charge on any atom is -0.411 e. The van der Waals surface area contributed by atoms with E-state index in [1.807, 2.05) is 12.1 Å². The largest absolute Gasteiger partial charge is 0.411 e. The van der Waals surface area contributed by atoms with Gasteiger partial charge in [0, 0.05) is 16.8 Å². The number of imidazole rings is 1. The van der Waals surface area contributed by atoms with Crippen molar-refractivity contribution in [1.29, 1.82) is 0 Å². The summed E-state index contributed by atoms with van der Waals surface area (Å²) in [6, 6.07) is 9.07. The van der Waals surface area contributed by atoms with Gasteiger partial charge in [-0.25, -0.2) is 15.0 Å². The number of nitrogens with one attached hydrogen (secondary N) is 1. The second-order valence-corrected chi connectivity index (χ2v) is 4.63. The number of nitrogens with zero attached hydrogens (tertiary/aromatic N) is 4. The molecule has 1 aromatic carbocycles. The second kappa shape index (κ2) is 5.72. The lowest BCUT2D eigenvalue weighted by Crippen LogP contribution is -1.87. The van der Waals surface area contributed by atoms with E-state index < -0.39 is 0 Å². The van der Waals surface area contributed by atoms with E-state index in [2.05, 4.69) is 25.1 Å². The monoisotopic (exact) mass is 299 g/mol. The van der Waals surface area contributed by atoms with Gasteiger partial charge in [-0.15, -0.1) is 0 Å². The summed E-state index contributed by atoms with van der Waals surface area (Å²) in [5.74, 6) is 0.427. The molecule has 3 aromatic rings. The molecule has 0 unspecified atom stereocenters. The van der Waals surface area contributed by atoms with Gasteiger partial charge in [-0.2, -0.15) is 0 Å². The molecule has 0 saturated carbocycles. The molecule has 104 valence electrons. The maximum Gasteiger partial charge on any atom is 0.153 e. The van der Waals surface area contributed by atoms with E-state index >= 15 is 0 Å². The Labute approximate surface area is 125 Å². The van der Waals surface area contributed by atoms with E-state index in [1.54, 1.807) is 24.4 Å². The topological polar surface area (TPSA) is 87.1 Å². The fourth-order valence-electron chi connectivity index (χ4n) is 1.95. The molecule has 0 spiro atoms. The molecule has 0 fully saturated rings. The molecule has 6 nitrogen and oxygen atoms in total. The van der Waals surface area contributed by atoms with Crippen molar-refractivity contribution in [3.8, 4) is 22.6 Å². The molecular weight excluding hydrogens is 290 g/mol. The van der Waals surface area contributed by atoms with Gasteiger partial charge in [-0.3, -0.25) is 0 Å². The summed E-state index contributed by atoms with van der Waals surface area (Å²) in [6.07, 6.45) is 4.33. The van der Waals surface area contributed by atoms with Crippen molar-refractivity contribution in [2.75, 3.05) is 0 Å². The fraction of sp³-hybridized carbons (Fsp3) is 0. The minimum absolute atomic E-state index is 0.427. The SMILES string of the molecule is ON=Cc1nc(-c2ccc(Cl)cc2)c(-c2ccncn2)[nH]1. The summed E-state index contributed by atoms with van der Waals surface area (Å²) in [7, 11) is 0. The zero-order chi connectivity index (χ0) is 14.7. The Bertz CT molecular complexity index is 768. The molecule has 2 heterocycles. The first-order chi connectivity index (χ1) is 10.3. The number of aromatic nitrogens is 4. The van der Waals surface area contributed by atoms with Crippen LogP contribution < -0.4 is 0 Å². The fourth-order valence-corrected chi connectivity index (χ4v) is 2.07. The average molecular weight is 300 g/mol. The van der Waals surface area contributed by atoms with Crippen LogP contribution in [0.4, 0.5) is 0 Å². The lowest BCUT2D eigenvalue weighted by Gasteiger charge is -2.02. The van der Waals surface area contributed by atoms with Crippen LogP contribution in [0.3, 0.4) is 0 Å². The Morgan fingerprint density at radius 1 is 1.19 bits per heavy atom. The molecule has 0 aliphatic carbocycles. The van der Waals surface area contributed by atoms with E-state index in [0.29, 0.717) is 22.2 Å². The number of hydrogen-bond donors (Lipinski definition) is 2. The van der Waals surface area contributed by atoms with Crippen molar-refractivity contribution >= 4 is 17.8 Å². The Hall–Kier alpha value is -2.73. The Balaban J connectivity index is 2.16. The lowest BCUT2D eigenvalue weighted by molar-refractivity contribution is 0.321. The Morgan fingerprint density at radius 3 is 2.67 bits per heavy atom. The van der Waals surface area contributed by atoms with Crippen LogP contribution in [0.25, 0.3) is 22.6 Å². The Morgan fingerprint density at radius 2 is 2.00 bits per heavy atom. The first-order valence-electron chi connectivity index (χ1n) is 6.07. The average Bonchev–Trinajstić information content (AvgIpc) is 2.93. The van der Waals surface area contributed by atoms with Crippen molar-refractivity contribution in [2.45, 2.75) is 0 Å². The zero-order valence-corrected chi connectivity index (χ0v) is 11.5. The van der Waals surface area contributed by atoms with Gasteiger partial charge in [0.05, 0.1) is 17.1 Å². The van der Waals surface area contributed by atoms with Gasteiger partial charge in [0.1, 0.15) is 12.5 Å². The van der Waals surface area contributed by atoms with Crippen LogP contribution in [-0.4, -0.2) is 31.4 Å². The van der Waals surface area contributed by atoms with Gasteiger partial charge in [-0.05, 0) is 18.2 Å². The highest BCUT2D eigenvalue weighted by Crippen LogP contribution is 2.29. The summed E-state index contributed by atoms with van der Waals surface area (Å²) in [4.78, 5) is 15.6. The van der Waals surface area contributed by atoms with Crippen LogP contribution in [0.15, 0.2) is 48.0 Å². The number of benzene rings is 1. The van der Waals surface area contributed by atoms with E-state index in [0.717, 1.165) is 11.3 Å². The number of oxime groups is 1. The highest BCUT2D eigenvalue weighted by molar-refractivity contribution is 6.30. The number of rotatable bonds is 3. The van der Waals surface area contributed by atoms with Crippen LogP contribution >= 0.6 is 11.6 Å². The van der Waals surface area contributed by atoms with E-state index in [-0.39, 0.29) is 0 Å². The van der Waals surface area contributed by atoms with Gasteiger partial charge < -0.3 is 10.2 Å². The van der Waals surface area contributed by atoms with E-state index in [9.17, 15) is 0 Å². The minimum atomic E-state index is 0.427. The molecular formula is C14H10ClN5O. The third kappa shape index (κ3) is 2.75. The summed E-state index contributed by atoms with van der Waals surface area (Å²) in [5.41, 5.74) is 2.98. The molecule has 0 amide bonds. The summed E-state index contributed by atoms with van der Waals surface area (Å²) >= 11 is 5.91. The molecule has 2 aromatic heterocycles. The highest BCUT2D eigenvalue weighted by Gasteiger charge is 2.14. The summed E-state index contributed by atoms with van der Waals surface area (Å²) in [5, 5.41) is 12.3. The maximum absolute atomic E-state index is 8.66. The van der Waals surface area contributed by atoms with Crippen molar-refractivity contribution in [3.63, 3.8) is 0 Å². The second-order valence-electron chi connectivity index (χ2n) is 4.19. The van der Waals surface area contributed by atoms with E-state index in [4.69, 9.17) is 16.8 Å². The highest BCUT2D eigenvalue weighted by atomic mass is 35.5. The number of halogens is 1. The van der Waals surface area contributed by atoms with Gasteiger partial charge >= 0.3 is 0 Å².